The van der Waals surface area contributed by atoms with Gasteiger partial charge in [-0.2, -0.15) is 0 Å². The lowest BCUT2D eigenvalue weighted by molar-refractivity contribution is -0.123. The normalized spacial score (nSPS) is 13.2. The third kappa shape index (κ3) is 64.4. The smallest absolute Gasteiger partial charge is 0.220 e. The van der Waals surface area contributed by atoms with Gasteiger partial charge in [0.1, 0.15) is 0 Å². The van der Waals surface area contributed by atoms with Crippen LogP contribution in [0.2, 0.25) is 0 Å². The van der Waals surface area contributed by atoms with Crippen LogP contribution in [0.4, 0.5) is 0 Å². The Hall–Kier alpha value is -2.43. The molecule has 2 unspecified atom stereocenters. The third-order valence-corrected chi connectivity index (χ3v) is 15.9. The van der Waals surface area contributed by atoms with Crippen LogP contribution in [0.1, 0.15) is 361 Å². The van der Waals surface area contributed by atoms with Gasteiger partial charge in [0.15, 0.2) is 0 Å². The molecule has 0 aliphatic rings. The van der Waals surface area contributed by atoms with Crippen LogP contribution in [0.5, 0.6) is 0 Å². The van der Waals surface area contributed by atoms with E-state index in [0.29, 0.717) is 6.42 Å². The summed E-state index contributed by atoms with van der Waals surface area (Å²) in [5.74, 6) is -0.0589. The van der Waals surface area contributed by atoms with Crippen LogP contribution in [0, 0.1) is 0 Å². The minimum absolute atomic E-state index is 0.0589. The Bertz CT molecular complexity index is 1370. The van der Waals surface area contributed by atoms with E-state index >= 15 is 0 Å². The van der Waals surface area contributed by atoms with Crippen LogP contribution < -0.4 is 5.32 Å². The van der Waals surface area contributed by atoms with Crippen molar-refractivity contribution in [3.05, 3.63) is 85.1 Å². The Balaban J connectivity index is 3.45. The van der Waals surface area contributed by atoms with Crippen molar-refractivity contribution in [2.24, 2.45) is 0 Å². The Kier molecular flexibility index (Phi) is 66.7. The number of aliphatic hydroxyl groups is 2. The molecule has 454 valence electrons. The number of nitrogens with one attached hydrogen (secondary N) is 1. The Morgan fingerprint density at radius 2 is 0.564 bits per heavy atom. The lowest BCUT2D eigenvalue weighted by Gasteiger charge is -2.20. The van der Waals surface area contributed by atoms with Crippen molar-refractivity contribution in [2.45, 2.75) is 373 Å². The highest BCUT2D eigenvalue weighted by Gasteiger charge is 2.18. The van der Waals surface area contributed by atoms with Gasteiger partial charge in [-0.1, -0.05) is 369 Å². The van der Waals surface area contributed by atoms with Crippen molar-refractivity contribution in [1.82, 2.24) is 5.32 Å². The van der Waals surface area contributed by atoms with E-state index < -0.39 is 12.1 Å². The second-order valence-corrected chi connectivity index (χ2v) is 23.6. The van der Waals surface area contributed by atoms with Gasteiger partial charge in [-0.15, -0.1) is 0 Å². The number of hydrogen-bond donors (Lipinski definition) is 3. The molecule has 0 radical (unpaired) electrons. The highest BCUT2D eigenvalue weighted by atomic mass is 16.3. The zero-order valence-electron chi connectivity index (χ0n) is 52.4. The van der Waals surface area contributed by atoms with Gasteiger partial charge in [0, 0.05) is 6.42 Å². The summed E-state index contributed by atoms with van der Waals surface area (Å²) in [6.07, 6.45) is 101. The first-order valence-electron chi connectivity index (χ1n) is 34.8. The summed E-state index contributed by atoms with van der Waals surface area (Å²) < 4.78 is 0. The number of allylic oxidation sites excluding steroid dienone is 13. The van der Waals surface area contributed by atoms with Crippen molar-refractivity contribution < 1.29 is 15.0 Å². The summed E-state index contributed by atoms with van der Waals surface area (Å²) in [5.41, 5.74) is 0. The summed E-state index contributed by atoms with van der Waals surface area (Å²) in [6.45, 7) is 4.23. The summed E-state index contributed by atoms with van der Waals surface area (Å²) >= 11 is 0. The van der Waals surface area contributed by atoms with E-state index in [1.807, 2.05) is 6.08 Å². The van der Waals surface area contributed by atoms with Crippen LogP contribution in [0.3, 0.4) is 0 Å². The second-order valence-electron chi connectivity index (χ2n) is 23.6. The Morgan fingerprint density at radius 3 is 0.846 bits per heavy atom. The lowest BCUT2D eigenvalue weighted by Crippen LogP contribution is -2.45. The molecule has 0 saturated heterocycles. The first-order valence-corrected chi connectivity index (χ1v) is 34.8. The molecule has 0 rings (SSSR count). The van der Waals surface area contributed by atoms with Crippen LogP contribution in [0.25, 0.3) is 0 Å². The van der Waals surface area contributed by atoms with Gasteiger partial charge in [0.25, 0.3) is 0 Å². The first kappa shape index (κ1) is 75.6. The molecule has 0 saturated carbocycles. The fourth-order valence-corrected chi connectivity index (χ4v) is 10.7. The number of hydrogen-bond acceptors (Lipinski definition) is 3. The number of unbranched alkanes of at least 4 members (excludes halogenated alkanes) is 45. The Labute approximate surface area is 488 Å². The number of carbonyl (C=O) groups is 1. The van der Waals surface area contributed by atoms with Gasteiger partial charge in [0.2, 0.25) is 5.91 Å². The molecule has 0 aliphatic heterocycles. The van der Waals surface area contributed by atoms with Gasteiger partial charge in [0.05, 0.1) is 18.8 Å². The second kappa shape index (κ2) is 68.8. The maximum absolute atomic E-state index is 12.5. The molecule has 0 aromatic carbocycles. The van der Waals surface area contributed by atoms with E-state index in [9.17, 15) is 15.0 Å². The molecule has 0 heterocycles. The Morgan fingerprint density at radius 1 is 0.321 bits per heavy atom. The fourth-order valence-electron chi connectivity index (χ4n) is 10.7. The van der Waals surface area contributed by atoms with Crippen LogP contribution >= 0.6 is 0 Å². The summed E-state index contributed by atoms with van der Waals surface area (Å²) in [7, 11) is 0. The van der Waals surface area contributed by atoms with Crippen molar-refractivity contribution in [3.63, 3.8) is 0 Å². The fraction of sp³-hybridized carbons (Fsp3) is 0.797. The molecule has 0 fully saturated rings. The van der Waals surface area contributed by atoms with Gasteiger partial charge in [-0.3, -0.25) is 4.79 Å². The maximum Gasteiger partial charge on any atom is 0.220 e. The standard InChI is InChI=1S/C74H135NO3/c1-3-5-7-9-11-13-15-17-19-21-23-25-27-29-31-32-33-34-35-36-37-38-39-40-41-42-44-46-48-50-52-54-56-58-60-62-64-66-68-70-74(78)75-72(71-76)73(77)69-67-65-63-61-59-57-55-53-51-49-47-45-43-30-28-26-24-22-20-18-16-14-12-10-8-6-4-2/h5,7,11,13,17,19,23,25,29,31,33-34,67,69,72-73,76-77H,3-4,6,8-10,12,14-16,18,20-22,24,26-28,30,32,35-66,68,70-71H2,1-2H3,(H,75,78)/b7-5-,13-11-,19-17-,25-23-,31-29-,34-33-,69-67+. The summed E-state index contributed by atoms with van der Waals surface area (Å²) in [5, 5.41) is 23.3. The minimum atomic E-state index is -0.842. The molecule has 0 aliphatic carbocycles. The summed E-state index contributed by atoms with van der Waals surface area (Å²) in [6, 6.07) is -0.625. The average molecular weight is 1090 g/mol. The van der Waals surface area contributed by atoms with E-state index in [0.717, 1.165) is 64.2 Å². The summed E-state index contributed by atoms with van der Waals surface area (Å²) in [4.78, 5) is 12.5. The van der Waals surface area contributed by atoms with Crippen molar-refractivity contribution in [3.8, 4) is 0 Å². The highest BCUT2D eigenvalue weighted by Crippen LogP contribution is 2.18. The van der Waals surface area contributed by atoms with E-state index in [4.69, 9.17) is 0 Å². The third-order valence-electron chi connectivity index (χ3n) is 15.9. The predicted molar refractivity (Wildman–Crippen MR) is 350 cm³/mol. The molecule has 4 heteroatoms. The maximum atomic E-state index is 12.5. The van der Waals surface area contributed by atoms with Crippen molar-refractivity contribution in [1.29, 1.82) is 0 Å². The molecule has 3 N–H and O–H groups in total. The molecule has 0 aromatic rings. The van der Waals surface area contributed by atoms with Crippen LogP contribution in [-0.2, 0) is 4.79 Å². The molecule has 2 atom stereocenters. The minimum Gasteiger partial charge on any atom is -0.394 e. The van der Waals surface area contributed by atoms with Crippen LogP contribution in [-0.4, -0.2) is 34.9 Å². The average Bonchev–Trinajstić information content (AvgIpc) is 3.44. The van der Waals surface area contributed by atoms with Crippen molar-refractivity contribution in [2.75, 3.05) is 6.61 Å². The molecule has 0 spiro atoms. The molecular formula is C74H135NO3. The van der Waals surface area contributed by atoms with E-state index in [1.54, 1.807) is 6.08 Å². The number of carbonyl (C=O) groups excluding carboxylic acids is 1. The van der Waals surface area contributed by atoms with Gasteiger partial charge in [-0.05, 0) is 70.6 Å². The van der Waals surface area contributed by atoms with Crippen LogP contribution in [0.15, 0.2) is 85.1 Å². The van der Waals surface area contributed by atoms with E-state index in [-0.39, 0.29) is 12.5 Å². The molecule has 78 heavy (non-hydrogen) atoms. The number of amides is 1. The largest absolute Gasteiger partial charge is 0.394 e. The monoisotopic (exact) mass is 1090 g/mol. The van der Waals surface area contributed by atoms with Crippen molar-refractivity contribution >= 4 is 5.91 Å². The van der Waals surface area contributed by atoms with Gasteiger partial charge < -0.3 is 15.5 Å². The highest BCUT2D eigenvalue weighted by molar-refractivity contribution is 5.76. The topological polar surface area (TPSA) is 69.6 Å². The number of aliphatic hydroxyl groups excluding tert-OH is 2. The lowest BCUT2D eigenvalue weighted by atomic mass is 10.0. The number of rotatable bonds is 64. The molecule has 0 aromatic heterocycles. The van der Waals surface area contributed by atoms with Gasteiger partial charge in [-0.25, -0.2) is 0 Å². The zero-order chi connectivity index (χ0) is 56.2. The zero-order valence-corrected chi connectivity index (χ0v) is 52.4. The molecule has 0 bridgehead atoms. The van der Waals surface area contributed by atoms with E-state index in [1.165, 1.54) is 276 Å². The van der Waals surface area contributed by atoms with E-state index in [2.05, 4.69) is 92.1 Å². The quantitative estimate of drug-likeness (QED) is 0.0420. The van der Waals surface area contributed by atoms with Gasteiger partial charge >= 0.3 is 0 Å². The predicted octanol–water partition coefficient (Wildman–Crippen LogP) is 23.8. The SMILES string of the molecule is CC/C=C\C/C=C\C/C=C\C/C=C\C/C=C\C/C=C\CCCCCCCCCCCCCCCCCCCCCCC(=O)NC(CO)C(O)/C=C/CCCCCCCCCCCCCCCCCCCCCCCCCCC. The molecule has 4 nitrogen and oxygen atoms in total. The molecular weight excluding hydrogens is 951 g/mol. The molecule has 1 amide bonds. The first-order chi connectivity index (χ1) is 38.7.